The Labute approximate surface area is 81.7 Å². The van der Waals surface area contributed by atoms with Crippen molar-refractivity contribution in [1.29, 1.82) is 0 Å². The third kappa shape index (κ3) is 2.83. The summed E-state index contributed by atoms with van der Waals surface area (Å²) in [5.41, 5.74) is 0.580. The highest BCUT2D eigenvalue weighted by Crippen LogP contribution is 2.32. The highest BCUT2D eigenvalue weighted by atomic mass is 28.3. The summed E-state index contributed by atoms with van der Waals surface area (Å²) in [6, 6.07) is 0. The molecule has 1 aliphatic heterocycles. The molecule has 0 aromatic carbocycles. The van der Waals surface area contributed by atoms with Gasteiger partial charge < -0.3 is 4.74 Å². The van der Waals surface area contributed by atoms with Gasteiger partial charge in [0, 0.05) is 6.42 Å². The first-order valence-electron chi connectivity index (χ1n) is 5.11. The third-order valence-corrected chi connectivity index (χ3v) is 6.18. The van der Waals surface area contributed by atoms with E-state index in [-0.39, 0.29) is 12.1 Å². The minimum absolute atomic E-state index is 0.00125. The van der Waals surface area contributed by atoms with Crippen LogP contribution >= 0.6 is 0 Å². The van der Waals surface area contributed by atoms with Crippen LogP contribution in [0.3, 0.4) is 0 Å². The van der Waals surface area contributed by atoms with Crippen LogP contribution in [0.4, 0.5) is 0 Å². The average molecular weight is 200 g/mol. The van der Waals surface area contributed by atoms with Crippen molar-refractivity contribution in [1.82, 2.24) is 0 Å². The fraction of sp³-hybridized carbons (Fsp3) is 0.900. The van der Waals surface area contributed by atoms with E-state index in [0.717, 1.165) is 12.8 Å². The minimum Gasteiger partial charge on any atom is -0.462 e. The maximum atomic E-state index is 11.1. The smallest absolute Gasteiger partial charge is 0.306 e. The maximum Gasteiger partial charge on any atom is 0.306 e. The van der Waals surface area contributed by atoms with Crippen LogP contribution in [0.25, 0.3) is 0 Å². The van der Waals surface area contributed by atoms with Gasteiger partial charge in [0.05, 0.1) is 8.07 Å². The molecule has 0 N–H and O–H groups in total. The molecule has 0 radical (unpaired) electrons. The molecule has 1 saturated heterocycles. The summed E-state index contributed by atoms with van der Waals surface area (Å²) in [7, 11) is -1.15. The van der Waals surface area contributed by atoms with E-state index < -0.39 is 8.07 Å². The molecular weight excluding hydrogens is 180 g/mol. The van der Waals surface area contributed by atoms with Crippen molar-refractivity contribution >= 4 is 14.0 Å². The van der Waals surface area contributed by atoms with Gasteiger partial charge >= 0.3 is 5.97 Å². The number of carbonyl (C=O) groups is 1. The van der Waals surface area contributed by atoms with Gasteiger partial charge in [0.1, 0.15) is 6.10 Å². The SMILES string of the molecule is C[C@H]([C@@H]1CCCC(=O)O1)[Si](C)(C)C. The number of carbonyl (C=O) groups excluding carboxylic acids is 1. The van der Waals surface area contributed by atoms with Crippen LogP contribution in [-0.2, 0) is 9.53 Å². The lowest BCUT2D eigenvalue weighted by Crippen LogP contribution is -2.38. The molecule has 1 fully saturated rings. The van der Waals surface area contributed by atoms with E-state index in [1.165, 1.54) is 0 Å². The van der Waals surface area contributed by atoms with Crippen LogP contribution < -0.4 is 0 Å². The third-order valence-electron chi connectivity index (χ3n) is 3.08. The number of ether oxygens (including phenoxy) is 1. The van der Waals surface area contributed by atoms with Crippen LogP contribution in [0.15, 0.2) is 0 Å². The summed E-state index contributed by atoms with van der Waals surface area (Å²) >= 11 is 0. The maximum absolute atomic E-state index is 11.1. The zero-order chi connectivity index (χ0) is 10.1. The van der Waals surface area contributed by atoms with Crippen LogP contribution in [0.2, 0.25) is 25.2 Å². The van der Waals surface area contributed by atoms with Crippen LogP contribution in [0.1, 0.15) is 26.2 Å². The molecule has 2 nitrogen and oxygen atoms in total. The molecule has 0 aromatic heterocycles. The van der Waals surface area contributed by atoms with E-state index in [1.54, 1.807) is 0 Å². The number of esters is 1. The average Bonchev–Trinajstić information content (AvgIpc) is 2.01. The second-order valence-electron chi connectivity index (χ2n) is 5.08. The molecule has 1 rings (SSSR count). The minimum atomic E-state index is -1.15. The summed E-state index contributed by atoms with van der Waals surface area (Å²) in [5, 5.41) is 0. The Morgan fingerprint density at radius 2 is 2.08 bits per heavy atom. The lowest BCUT2D eigenvalue weighted by atomic mass is 10.1. The molecule has 3 heteroatoms. The van der Waals surface area contributed by atoms with Crippen molar-refractivity contribution in [2.24, 2.45) is 0 Å². The van der Waals surface area contributed by atoms with E-state index >= 15 is 0 Å². The number of rotatable bonds is 2. The summed E-state index contributed by atoms with van der Waals surface area (Å²) in [5.74, 6) is 0.00125. The molecule has 2 atom stereocenters. The molecule has 0 unspecified atom stereocenters. The predicted molar refractivity (Wildman–Crippen MR) is 56.5 cm³/mol. The van der Waals surface area contributed by atoms with E-state index in [0.29, 0.717) is 12.0 Å². The Bertz CT molecular complexity index is 196. The number of cyclic esters (lactones) is 1. The summed E-state index contributed by atoms with van der Waals surface area (Å²) in [4.78, 5) is 11.1. The van der Waals surface area contributed by atoms with Crippen molar-refractivity contribution in [3.8, 4) is 0 Å². The van der Waals surface area contributed by atoms with Crippen molar-refractivity contribution in [2.75, 3.05) is 0 Å². The normalized spacial score (nSPS) is 26.8. The Balaban J connectivity index is 2.56. The second kappa shape index (κ2) is 3.82. The quantitative estimate of drug-likeness (QED) is 0.506. The molecule has 1 heterocycles. The fourth-order valence-corrected chi connectivity index (χ4v) is 2.99. The topological polar surface area (TPSA) is 26.3 Å². The number of hydrogen-bond donors (Lipinski definition) is 0. The van der Waals surface area contributed by atoms with E-state index in [1.807, 2.05) is 0 Å². The zero-order valence-corrected chi connectivity index (χ0v) is 10.1. The van der Waals surface area contributed by atoms with Gasteiger partial charge in [-0.05, 0) is 18.4 Å². The Kier molecular flexibility index (Phi) is 3.17. The molecule has 1 aliphatic rings. The molecule has 0 aliphatic carbocycles. The molecule has 76 valence electrons. The predicted octanol–water partition coefficient (Wildman–Crippen LogP) is 2.81. The lowest BCUT2D eigenvalue weighted by molar-refractivity contribution is -0.153. The Morgan fingerprint density at radius 3 is 2.54 bits per heavy atom. The molecule has 0 spiro atoms. The molecule has 0 bridgehead atoms. The van der Waals surface area contributed by atoms with Crippen molar-refractivity contribution < 1.29 is 9.53 Å². The highest BCUT2D eigenvalue weighted by Gasteiger charge is 2.33. The molecule has 0 saturated carbocycles. The Morgan fingerprint density at radius 1 is 1.46 bits per heavy atom. The van der Waals surface area contributed by atoms with E-state index in [4.69, 9.17) is 4.74 Å². The number of hydrogen-bond acceptors (Lipinski definition) is 2. The monoisotopic (exact) mass is 200 g/mol. The molecular formula is C10H20O2Si. The second-order valence-corrected chi connectivity index (χ2v) is 10.7. The van der Waals surface area contributed by atoms with E-state index in [9.17, 15) is 4.79 Å². The van der Waals surface area contributed by atoms with Crippen LogP contribution in [-0.4, -0.2) is 20.1 Å². The van der Waals surface area contributed by atoms with Gasteiger partial charge in [-0.15, -0.1) is 0 Å². The standard InChI is InChI=1S/C10H20O2Si/c1-8(13(2,3)4)9-6-5-7-10(11)12-9/h8-9H,5-7H2,1-4H3/t8-,9+/m1/s1. The highest BCUT2D eigenvalue weighted by molar-refractivity contribution is 6.77. The van der Waals surface area contributed by atoms with Crippen molar-refractivity contribution in [2.45, 2.75) is 57.5 Å². The van der Waals surface area contributed by atoms with Crippen LogP contribution in [0.5, 0.6) is 0 Å². The first kappa shape index (κ1) is 10.8. The lowest BCUT2D eigenvalue weighted by Gasteiger charge is -2.34. The Hall–Kier alpha value is -0.313. The van der Waals surface area contributed by atoms with Crippen molar-refractivity contribution in [3.63, 3.8) is 0 Å². The van der Waals surface area contributed by atoms with Gasteiger partial charge in [-0.1, -0.05) is 26.6 Å². The fourth-order valence-electron chi connectivity index (χ4n) is 1.64. The van der Waals surface area contributed by atoms with Gasteiger partial charge in [-0.25, -0.2) is 0 Å². The van der Waals surface area contributed by atoms with Gasteiger partial charge in [0.2, 0.25) is 0 Å². The summed E-state index contributed by atoms with van der Waals surface area (Å²) < 4.78 is 5.37. The van der Waals surface area contributed by atoms with Gasteiger partial charge in [-0.3, -0.25) is 4.79 Å². The largest absolute Gasteiger partial charge is 0.462 e. The molecule has 0 aromatic rings. The summed E-state index contributed by atoms with van der Waals surface area (Å²) in [6.45, 7) is 9.23. The van der Waals surface area contributed by atoms with Crippen LogP contribution in [0, 0.1) is 0 Å². The first-order valence-corrected chi connectivity index (χ1v) is 8.68. The first-order chi connectivity index (χ1) is 5.91. The van der Waals surface area contributed by atoms with Gasteiger partial charge in [0.25, 0.3) is 0 Å². The van der Waals surface area contributed by atoms with Crippen molar-refractivity contribution in [3.05, 3.63) is 0 Å². The van der Waals surface area contributed by atoms with E-state index in [2.05, 4.69) is 26.6 Å². The molecule has 0 amide bonds. The van der Waals surface area contributed by atoms with Gasteiger partial charge in [0.15, 0.2) is 0 Å². The molecule has 13 heavy (non-hydrogen) atoms. The zero-order valence-electron chi connectivity index (χ0n) is 9.09. The summed E-state index contributed by atoms with van der Waals surface area (Å²) in [6.07, 6.45) is 2.90. The van der Waals surface area contributed by atoms with Gasteiger partial charge in [-0.2, -0.15) is 0 Å².